The molecule has 0 radical (unpaired) electrons. The average Bonchev–Trinajstić information content (AvgIpc) is 2.87. The third-order valence-electron chi connectivity index (χ3n) is 2.46. The predicted octanol–water partition coefficient (Wildman–Crippen LogP) is 1.64. The number of nitrogens with zero attached hydrogens (tertiary/aromatic N) is 5. The van der Waals surface area contributed by atoms with E-state index >= 15 is 0 Å². The summed E-state index contributed by atoms with van der Waals surface area (Å²) in [7, 11) is 1.77. The van der Waals surface area contributed by atoms with Gasteiger partial charge in [0.05, 0.1) is 11.6 Å². The fourth-order valence-corrected chi connectivity index (χ4v) is 2.43. The fraction of sp³-hybridized carbons (Fsp3) is 0.182. The molecule has 0 aliphatic rings. The highest BCUT2D eigenvalue weighted by Gasteiger charge is 2.11. The number of rotatable bonds is 3. The largest absolute Gasteiger partial charge is 0.357 e. The summed E-state index contributed by atoms with van der Waals surface area (Å²) in [5, 5.41) is 12.0. The normalized spacial score (nSPS) is 10.8. The van der Waals surface area contributed by atoms with Gasteiger partial charge in [0.15, 0.2) is 10.8 Å². The van der Waals surface area contributed by atoms with Gasteiger partial charge in [0, 0.05) is 18.9 Å². The highest BCUT2D eigenvalue weighted by atomic mass is 32.2. The number of H-pyrrole nitrogens is 1. The third-order valence-corrected chi connectivity index (χ3v) is 3.34. The lowest BCUT2D eigenvalue weighted by Crippen LogP contribution is -1.98. The Labute approximate surface area is 113 Å². The van der Waals surface area contributed by atoms with Gasteiger partial charge in [0.1, 0.15) is 5.03 Å². The second-order valence-corrected chi connectivity index (χ2v) is 4.77. The van der Waals surface area contributed by atoms with Gasteiger partial charge < -0.3 is 5.32 Å². The Morgan fingerprint density at radius 2 is 2.16 bits per heavy atom. The number of aryl methyl sites for hydroxylation is 1. The minimum atomic E-state index is 0.534. The van der Waals surface area contributed by atoms with Crippen molar-refractivity contribution in [3.05, 3.63) is 24.2 Å². The molecule has 0 atom stereocenters. The molecule has 19 heavy (non-hydrogen) atoms. The zero-order valence-electron chi connectivity index (χ0n) is 10.4. The van der Waals surface area contributed by atoms with Crippen LogP contribution in [-0.4, -0.2) is 37.2 Å². The van der Waals surface area contributed by atoms with Crippen molar-refractivity contribution in [1.29, 1.82) is 0 Å². The Hall–Kier alpha value is -2.22. The van der Waals surface area contributed by atoms with Gasteiger partial charge in [-0.05, 0) is 24.8 Å². The van der Waals surface area contributed by atoms with Crippen molar-refractivity contribution >= 4 is 28.7 Å². The first-order valence-electron chi connectivity index (χ1n) is 5.62. The maximum atomic E-state index is 4.42. The molecule has 0 aromatic carbocycles. The predicted molar refractivity (Wildman–Crippen MR) is 72.1 cm³/mol. The van der Waals surface area contributed by atoms with Gasteiger partial charge in [0.25, 0.3) is 0 Å². The molecule has 2 N–H and O–H groups in total. The standard InChI is InChI=1S/C11H11N7S/c1-6-3-4-13-11(15-6)19-9-7-5-14-18-8(7)16-10(12-2)17-9/h3-5H,1-2H3,(H2,12,14,16,17,18). The van der Waals surface area contributed by atoms with Crippen LogP contribution in [0.5, 0.6) is 0 Å². The number of fused-ring (bicyclic) bond motifs is 1. The third kappa shape index (κ3) is 2.34. The topological polar surface area (TPSA) is 92.3 Å². The van der Waals surface area contributed by atoms with Crippen LogP contribution < -0.4 is 5.32 Å². The summed E-state index contributed by atoms with van der Waals surface area (Å²) in [5.41, 5.74) is 1.61. The van der Waals surface area contributed by atoms with Gasteiger partial charge in [-0.1, -0.05) is 0 Å². The lowest BCUT2D eigenvalue weighted by atomic mass is 10.4. The van der Waals surface area contributed by atoms with E-state index < -0.39 is 0 Å². The first-order chi connectivity index (χ1) is 9.26. The van der Waals surface area contributed by atoms with Crippen molar-refractivity contribution in [3.63, 3.8) is 0 Å². The number of aromatic nitrogens is 6. The second kappa shape index (κ2) is 4.81. The van der Waals surface area contributed by atoms with Gasteiger partial charge in [-0.15, -0.1) is 0 Å². The van der Waals surface area contributed by atoms with Crippen molar-refractivity contribution in [2.45, 2.75) is 17.1 Å². The molecule has 0 saturated heterocycles. The van der Waals surface area contributed by atoms with Gasteiger partial charge >= 0.3 is 0 Å². The number of hydrogen-bond acceptors (Lipinski definition) is 7. The van der Waals surface area contributed by atoms with Crippen molar-refractivity contribution in [3.8, 4) is 0 Å². The molecular weight excluding hydrogens is 262 g/mol. The zero-order chi connectivity index (χ0) is 13.2. The highest BCUT2D eigenvalue weighted by molar-refractivity contribution is 7.99. The summed E-state index contributed by atoms with van der Waals surface area (Å²) in [6.07, 6.45) is 3.43. The minimum Gasteiger partial charge on any atom is -0.357 e. The molecule has 0 bridgehead atoms. The molecule has 7 nitrogen and oxygen atoms in total. The number of nitrogens with one attached hydrogen (secondary N) is 2. The number of aromatic amines is 1. The van der Waals surface area contributed by atoms with E-state index in [-0.39, 0.29) is 0 Å². The van der Waals surface area contributed by atoms with E-state index in [1.165, 1.54) is 11.8 Å². The highest BCUT2D eigenvalue weighted by Crippen LogP contribution is 2.29. The molecule has 8 heteroatoms. The lowest BCUT2D eigenvalue weighted by Gasteiger charge is -2.04. The van der Waals surface area contributed by atoms with Crippen LogP contribution in [0.1, 0.15) is 5.69 Å². The van der Waals surface area contributed by atoms with Crippen molar-refractivity contribution in [2.24, 2.45) is 0 Å². The first kappa shape index (κ1) is 11.8. The maximum absolute atomic E-state index is 4.42. The molecule has 3 aromatic heterocycles. The molecule has 3 aromatic rings. The van der Waals surface area contributed by atoms with Crippen LogP contribution >= 0.6 is 11.8 Å². The Morgan fingerprint density at radius 1 is 1.26 bits per heavy atom. The summed E-state index contributed by atoms with van der Waals surface area (Å²) < 4.78 is 0. The van der Waals surface area contributed by atoms with Crippen LogP contribution in [0.2, 0.25) is 0 Å². The van der Waals surface area contributed by atoms with E-state index in [1.54, 1.807) is 19.4 Å². The molecule has 3 heterocycles. The zero-order valence-corrected chi connectivity index (χ0v) is 11.2. The van der Waals surface area contributed by atoms with Gasteiger partial charge in [0.2, 0.25) is 5.95 Å². The van der Waals surface area contributed by atoms with Crippen molar-refractivity contribution in [2.75, 3.05) is 12.4 Å². The molecular formula is C11H11N7S. The Morgan fingerprint density at radius 3 is 2.95 bits per heavy atom. The molecule has 0 fully saturated rings. The molecule has 96 valence electrons. The fourth-order valence-electron chi connectivity index (χ4n) is 1.56. The van der Waals surface area contributed by atoms with Crippen molar-refractivity contribution in [1.82, 2.24) is 30.1 Å². The van der Waals surface area contributed by atoms with E-state index in [2.05, 4.69) is 35.5 Å². The van der Waals surface area contributed by atoms with Gasteiger partial charge in [-0.2, -0.15) is 10.1 Å². The Bertz CT molecular complexity index is 724. The van der Waals surface area contributed by atoms with Crippen LogP contribution in [0, 0.1) is 6.92 Å². The average molecular weight is 273 g/mol. The van der Waals surface area contributed by atoms with Crippen LogP contribution in [0.4, 0.5) is 5.95 Å². The first-order valence-corrected chi connectivity index (χ1v) is 6.44. The minimum absolute atomic E-state index is 0.534. The van der Waals surface area contributed by atoms with Crippen LogP contribution in [0.15, 0.2) is 28.6 Å². The molecule has 0 spiro atoms. The molecule has 3 rings (SSSR count). The van der Waals surface area contributed by atoms with Gasteiger partial charge in [-0.3, -0.25) is 5.10 Å². The van der Waals surface area contributed by atoms with Crippen molar-refractivity contribution < 1.29 is 0 Å². The van der Waals surface area contributed by atoms with E-state index in [0.717, 1.165) is 16.1 Å². The smallest absolute Gasteiger partial charge is 0.225 e. The Kier molecular flexibility index (Phi) is 3.00. The van der Waals surface area contributed by atoms with E-state index in [4.69, 9.17) is 0 Å². The molecule has 0 saturated carbocycles. The SMILES string of the molecule is CNc1nc(Sc2nccc(C)n2)c2cn[nH]c2n1. The summed E-state index contributed by atoms with van der Waals surface area (Å²) >= 11 is 1.39. The Balaban J connectivity index is 2.06. The van der Waals surface area contributed by atoms with E-state index in [0.29, 0.717) is 16.8 Å². The second-order valence-electron chi connectivity index (χ2n) is 3.82. The van der Waals surface area contributed by atoms with Crippen LogP contribution in [0.25, 0.3) is 11.0 Å². The molecule has 0 aliphatic carbocycles. The summed E-state index contributed by atoms with van der Waals surface area (Å²) in [4.78, 5) is 17.3. The summed E-state index contributed by atoms with van der Waals surface area (Å²) in [5.74, 6) is 0.534. The summed E-state index contributed by atoms with van der Waals surface area (Å²) in [6, 6.07) is 1.86. The number of hydrogen-bond donors (Lipinski definition) is 2. The van der Waals surface area contributed by atoms with E-state index in [1.807, 2.05) is 13.0 Å². The summed E-state index contributed by atoms with van der Waals surface area (Å²) in [6.45, 7) is 1.93. The maximum Gasteiger partial charge on any atom is 0.225 e. The van der Waals surface area contributed by atoms with Gasteiger partial charge in [-0.25, -0.2) is 15.0 Å². The quantitative estimate of drug-likeness (QED) is 0.553. The molecule has 0 amide bonds. The monoisotopic (exact) mass is 273 g/mol. The lowest BCUT2D eigenvalue weighted by molar-refractivity contribution is 0.928. The molecule has 0 unspecified atom stereocenters. The van der Waals surface area contributed by atoms with Crippen LogP contribution in [0.3, 0.4) is 0 Å². The number of anilines is 1. The van der Waals surface area contributed by atoms with Crippen LogP contribution in [-0.2, 0) is 0 Å². The van der Waals surface area contributed by atoms with E-state index in [9.17, 15) is 0 Å². The molecule has 0 aliphatic heterocycles.